The van der Waals surface area contributed by atoms with Crippen LogP contribution in [-0.4, -0.2) is 24.4 Å². The molecular formula is C28H32FN3O. The number of unbranched alkanes of at least 4 members (excludes halogenated alkanes) is 2. The van der Waals surface area contributed by atoms with Crippen molar-refractivity contribution in [2.45, 2.75) is 46.0 Å². The molecule has 1 heterocycles. The van der Waals surface area contributed by atoms with Gasteiger partial charge >= 0.3 is 0 Å². The molecule has 0 saturated carbocycles. The molecule has 2 aromatic rings. The van der Waals surface area contributed by atoms with Gasteiger partial charge in [0, 0.05) is 41.7 Å². The van der Waals surface area contributed by atoms with Crippen LogP contribution in [-0.2, 0) is 11.2 Å². The van der Waals surface area contributed by atoms with Crippen molar-refractivity contribution in [3.05, 3.63) is 95.1 Å². The van der Waals surface area contributed by atoms with Crippen molar-refractivity contribution in [3.63, 3.8) is 0 Å². The van der Waals surface area contributed by atoms with Crippen LogP contribution in [0.3, 0.4) is 0 Å². The van der Waals surface area contributed by atoms with Crippen molar-refractivity contribution in [1.82, 2.24) is 5.32 Å². The molecule has 0 radical (unpaired) electrons. The standard InChI is InChI=1S/C28H32FN3O/c1-3-4-8-17-31-28(24-11-13-25(29)14-12-24)27(23-15-18-30-19-16-23)21(2)32-26(33)20-22-9-6-5-7-10-22/h5-7,9-15,18-19,23H,3-4,8,16-17,20H2,1-2H3,(H,32,33)/b27-21+,31-28?. The summed E-state index contributed by atoms with van der Waals surface area (Å²) in [6.07, 6.45) is 9.90. The Morgan fingerprint density at radius 3 is 2.55 bits per heavy atom. The van der Waals surface area contributed by atoms with Crippen molar-refractivity contribution in [3.8, 4) is 0 Å². The van der Waals surface area contributed by atoms with E-state index in [-0.39, 0.29) is 17.6 Å². The minimum atomic E-state index is -0.285. The van der Waals surface area contributed by atoms with Crippen LogP contribution >= 0.6 is 0 Å². The van der Waals surface area contributed by atoms with E-state index in [1.54, 1.807) is 18.3 Å². The van der Waals surface area contributed by atoms with Crippen LogP contribution in [0.2, 0.25) is 0 Å². The van der Waals surface area contributed by atoms with Crippen molar-refractivity contribution >= 4 is 17.8 Å². The lowest BCUT2D eigenvalue weighted by atomic mass is 9.86. The van der Waals surface area contributed by atoms with Crippen molar-refractivity contribution in [1.29, 1.82) is 0 Å². The maximum atomic E-state index is 13.7. The van der Waals surface area contributed by atoms with Crippen molar-refractivity contribution < 1.29 is 9.18 Å². The Balaban J connectivity index is 1.97. The number of carbonyl (C=O) groups excluding carboxylic acids is 1. The van der Waals surface area contributed by atoms with Crippen LogP contribution in [0.5, 0.6) is 0 Å². The van der Waals surface area contributed by atoms with E-state index in [0.717, 1.165) is 47.4 Å². The number of rotatable bonds is 10. The molecule has 1 atom stereocenters. The van der Waals surface area contributed by atoms with Crippen LogP contribution < -0.4 is 5.32 Å². The normalized spacial score (nSPS) is 16.5. The summed E-state index contributed by atoms with van der Waals surface area (Å²) < 4.78 is 13.7. The van der Waals surface area contributed by atoms with E-state index in [4.69, 9.17) is 4.99 Å². The molecule has 4 nitrogen and oxygen atoms in total. The highest BCUT2D eigenvalue weighted by Crippen LogP contribution is 2.26. The second-order valence-corrected chi connectivity index (χ2v) is 8.21. The van der Waals surface area contributed by atoms with Crippen LogP contribution in [0.1, 0.15) is 50.7 Å². The molecule has 1 aliphatic rings. The van der Waals surface area contributed by atoms with Gasteiger partial charge in [0.1, 0.15) is 5.82 Å². The SMILES string of the molecule is CCCCCN=C(/C(=C(\C)NC(=O)Cc1ccccc1)C1C=CN=CC1)c1ccc(F)cc1. The largest absolute Gasteiger partial charge is 0.329 e. The van der Waals surface area contributed by atoms with Gasteiger partial charge in [-0.25, -0.2) is 4.39 Å². The summed E-state index contributed by atoms with van der Waals surface area (Å²) in [5, 5.41) is 3.10. The highest BCUT2D eigenvalue weighted by Gasteiger charge is 2.23. The number of amides is 1. The smallest absolute Gasteiger partial charge is 0.228 e. The van der Waals surface area contributed by atoms with Crippen LogP contribution in [0.15, 0.2) is 88.1 Å². The molecule has 33 heavy (non-hydrogen) atoms. The fourth-order valence-corrected chi connectivity index (χ4v) is 3.91. The zero-order valence-corrected chi connectivity index (χ0v) is 19.4. The Bertz CT molecular complexity index is 1040. The average Bonchev–Trinajstić information content (AvgIpc) is 2.83. The molecule has 2 aromatic carbocycles. The highest BCUT2D eigenvalue weighted by atomic mass is 19.1. The Morgan fingerprint density at radius 2 is 1.88 bits per heavy atom. The monoisotopic (exact) mass is 445 g/mol. The third-order valence-corrected chi connectivity index (χ3v) is 5.58. The van der Waals surface area contributed by atoms with E-state index in [1.807, 2.05) is 49.5 Å². The zero-order valence-electron chi connectivity index (χ0n) is 19.4. The lowest BCUT2D eigenvalue weighted by Gasteiger charge is -2.23. The molecule has 5 heteroatoms. The first-order valence-corrected chi connectivity index (χ1v) is 11.6. The van der Waals surface area contributed by atoms with Gasteiger partial charge in [0.15, 0.2) is 0 Å². The number of hydrogen-bond acceptors (Lipinski definition) is 3. The molecule has 0 aliphatic carbocycles. The van der Waals surface area contributed by atoms with E-state index < -0.39 is 0 Å². The first-order valence-electron chi connectivity index (χ1n) is 11.6. The summed E-state index contributed by atoms with van der Waals surface area (Å²) in [4.78, 5) is 22.0. The highest BCUT2D eigenvalue weighted by molar-refractivity contribution is 6.14. The molecule has 1 aliphatic heterocycles. The Morgan fingerprint density at radius 1 is 1.12 bits per heavy atom. The molecule has 0 fully saturated rings. The third kappa shape index (κ3) is 7.35. The van der Waals surface area contributed by atoms with Gasteiger partial charge in [0.05, 0.1) is 12.1 Å². The maximum Gasteiger partial charge on any atom is 0.228 e. The lowest BCUT2D eigenvalue weighted by molar-refractivity contribution is -0.119. The summed E-state index contributed by atoms with van der Waals surface area (Å²) in [6, 6.07) is 16.1. The van der Waals surface area contributed by atoms with Gasteiger partial charge in [-0.2, -0.15) is 0 Å². The molecule has 1 N–H and O–H groups in total. The first-order chi connectivity index (χ1) is 16.1. The molecule has 0 bridgehead atoms. The quantitative estimate of drug-likeness (QED) is 0.352. The summed E-state index contributed by atoms with van der Waals surface area (Å²) in [6.45, 7) is 4.76. The number of carbonyl (C=O) groups is 1. The maximum absolute atomic E-state index is 13.7. The molecule has 0 spiro atoms. The summed E-state index contributed by atoms with van der Waals surface area (Å²) in [7, 11) is 0. The van der Waals surface area contributed by atoms with Crippen LogP contribution in [0, 0.1) is 11.7 Å². The van der Waals surface area contributed by atoms with Gasteiger partial charge in [-0.3, -0.25) is 14.8 Å². The molecule has 1 unspecified atom stereocenters. The van der Waals surface area contributed by atoms with Gasteiger partial charge in [0.2, 0.25) is 5.91 Å². The molecule has 172 valence electrons. The molecule has 3 rings (SSSR count). The topological polar surface area (TPSA) is 53.8 Å². The fourth-order valence-electron chi connectivity index (χ4n) is 3.91. The predicted molar refractivity (Wildman–Crippen MR) is 134 cm³/mol. The number of aliphatic imine (C=N–C) groups is 2. The third-order valence-electron chi connectivity index (χ3n) is 5.58. The van der Waals surface area contributed by atoms with Crippen molar-refractivity contribution in [2.24, 2.45) is 15.9 Å². The number of halogens is 1. The number of nitrogens with one attached hydrogen (secondary N) is 1. The zero-order chi connectivity index (χ0) is 23.5. The van der Waals surface area contributed by atoms with Crippen molar-refractivity contribution in [2.75, 3.05) is 6.54 Å². The van der Waals surface area contributed by atoms with Gasteiger partial charge in [-0.05, 0) is 49.6 Å². The fraction of sp³-hybridized carbons (Fsp3) is 0.321. The molecular weight excluding hydrogens is 413 g/mol. The minimum absolute atomic E-state index is 0.0227. The first kappa shape index (κ1) is 24.3. The Hall–Kier alpha value is -3.34. The molecule has 1 amide bonds. The Kier molecular flexibility index (Phi) is 9.31. The summed E-state index contributed by atoms with van der Waals surface area (Å²) >= 11 is 0. The van der Waals surface area contributed by atoms with Gasteiger partial charge in [-0.1, -0.05) is 56.2 Å². The Labute approximate surface area is 196 Å². The lowest BCUT2D eigenvalue weighted by Crippen LogP contribution is -2.28. The molecule has 0 saturated heterocycles. The van der Waals surface area contributed by atoms with E-state index in [1.165, 1.54) is 12.1 Å². The van der Waals surface area contributed by atoms with E-state index in [2.05, 4.69) is 17.2 Å². The second kappa shape index (κ2) is 12.6. The van der Waals surface area contributed by atoms with E-state index >= 15 is 0 Å². The second-order valence-electron chi connectivity index (χ2n) is 8.21. The predicted octanol–water partition coefficient (Wildman–Crippen LogP) is 6.04. The van der Waals surface area contributed by atoms with Crippen LogP contribution in [0.4, 0.5) is 4.39 Å². The number of allylic oxidation sites excluding steroid dienone is 3. The van der Waals surface area contributed by atoms with Gasteiger partial charge in [-0.15, -0.1) is 0 Å². The van der Waals surface area contributed by atoms with E-state index in [0.29, 0.717) is 19.4 Å². The van der Waals surface area contributed by atoms with E-state index in [9.17, 15) is 9.18 Å². The molecule has 0 aromatic heterocycles. The number of nitrogens with zero attached hydrogens (tertiary/aromatic N) is 2. The number of hydrogen-bond donors (Lipinski definition) is 1. The average molecular weight is 446 g/mol. The van der Waals surface area contributed by atoms with Gasteiger partial charge < -0.3 is 5.32 Å². The van der Waals surface area contributed by atoms with Gasteiger partial charge in [0.25, 0.3) is 0 Å². The minimum Gasteiger partial charge on any atom is -0.329 e. The van der Waals surface area contributed by atoms with Crippen LogP contribution in [0.25, 0.3) is 0 Å². The summed E-state index contributed by atoms with van der Waals surface area (Å²) in [5.41, 5.74) is 4.31. The number of benzene rings is 2. The summed E-state index contributed by atoms with van der Waals surface area (Å²) in [5.74, 6) is -0.337.